The van der Waals surface area contributed by atoms with E-state index >= 15 is 0 Å². The van der Waals surface area contributed by atoms with Gasteiger partial charge in [0.2, 0.25) is 10.0 Å². The summed E-state index contributed by atoms with van der Waals surface area (Å²) >= 11 is 0. The largest absolute Gasteiger partial charge is 0.316 e. The molecular formula is C15H27N3O2S. The van der Waals surface area contributed by atoms with Gasteiger partial charge in [-0.2, -0.15) is 0 Å². The van der Waals surface area contributed by atoms with Gasteiger partial charge in [0.05, 0.1) is 5.75 Å². The summed E-state index contributed by atoms with van der Waals surface area (Å²) in [4.78, 5) is 2.19. The van der Waals surface area contributed by atoms with Crippen LogP contribution in [0, 0.1) is 0 Å². The van der Waals surface area contributed by atoms with Crippen molar-refractivity contribution < 1.29 is 8.42 Å². The molecule has 21 heavy (non-hydrogen) atoms. The summed E-state index contributed by atoms with van der Waals surface area (Å²) in [5, 5.41) is 3.06. The van der Waals surface area contributed by atoms with Gasteiger partial charge in [0.25, 0.3) is 0 Å². The van der Waals surface area contributed by atoms with Gasteiger partial charge in [-0.25, -0.2) is 13.1 Å². The standard InChI is InChI=1S/C15H27N3O2S/c1-4-18(5-2)10-9-17-21(19,20)13-15-8-6-7-14(11-15)12-16-3/h6-8,11,16-17H,4-5,9-10,12-13H2,1-3H3. The monoisotopic (exact) mass is 313 g/mol. The van der Waals surface area contributed by atoms with Crippen LogP contribution in [0.15, 0.2) is 24.3 Å². The second-order valence-electron chi connectivity index (χ2n) is 5.03. The van der Waals surface area contributed by atoms with Crippen LogP contribution in [0.1, 0.15) is 25.0 Å². The molecule has 1 aromatic carbocycles. The normalized spacial score (nSPS) is 12.0. The molecule has 0 spiro atoms. The van der Waals surface area contributed by atoms with Gasteiger partial charge in [-0.3, -0.25) is 0 Å². The first-order valence-electron chi connectivity index (χ1n) is 7.42. The molecule has 0 saturated carbocycles. The summed E-state index contributed by atoms with van der Waals surface area (Å²) in [6.45, 7) is 7.96. The molecule has 0 aliphatic carbocycles. The van der Waals surface area contributed by atoms with Gasteiger partial charge >= 0.3 is 0 Å². The zero-order valence-corrected chi connectivity index (χ0v) is 14.0. The van der Waals surface area contributed by atoms with E-state index in [-0.39, 0.29) is 5.75 Å². The third-order valence-corrected chi connectivity index (χ3v) is 4.73. The second-order valence-corrected chi connectivity index (χ2v) is 6.84. The molecule has 0 atom stereocenters. The highest BCUT2D eigenvalue weighted by atomic mass is 32.2. The quantitative estimate of drug-likeness (QED) is 0.681. The molecule has 0 unspecified atom stereocenters. The Morgan fingerprint density at radius 2 is 1.81 bits per heavy atom. The van der Waals surface area contributed by atoms with Crippen molar-refractivity contribution in [1.29, 1.82) is 0 Å². The van der Waals surface area contributed by atoms with E-state index in [1.807, 2.05) is 31.3 Å². The van der Waals surface area contributed by atoms with E-state index in [9.17, 15) is 8.42 Å². The molecule has 0 radical (unpaired) electrons. The fraction of sp³-hybridized carbons (Fsp3) is 0.600. The third kappa shape index (κ3) is 7.04. The Morgan fingerprint density at radius 3 is 2.43 bits per heavy atom. The van der Waals surface area contributed by atoms with Crippen LogP contribution in [0.25, 0.3) is 0 Å². The van der Waals surface area contributed by atoms with Gasteiger partial charge in [0, 0.05) is 19.6 Å². The first kappa shape index (κ1) is 18.1. The van der Waals surface area contributed by atoms with Crippen LogP contribution < -0.4 is 10.0 Å². The van der Waals surface area contributed by atoms with E-state index in [2.05, 4.69) is 28.8 Å². The lowest BCUT2D eigenvalue weighted by Crippen LogP contribution is -2.35. The average Bonchev–Trinajstić information content (AvgIpc) is 2.44. The molecular weight excluding hydrogens is 286 g/mol. The van der Waals surface area contributed by atoms with Crippen molar-refractivity contribution in [2.45, 2.75) is 26.1 Å². The van der Waals surface area contributed by atoms with Gasteiger partial charge in [-0.1, -0.05) is 38.1 Å². The summed E-state index contributed by atoms with van der Waals surface area (Å²) in [6.07, 6.45) is 0. The van der Waals surface area contributed by atoms with Gasteiger partial charge in [-0.05, 0) is 31.3 Å². The van der Waals surface area contributed by atoms with Crippen LogP contribution in [0.5, 0.6) is 0 Å². The second kappa shape index (κ2) is 9.15. The summed E-state index contributed by atoms with van der Waals surface area (Å²) < 4.78 is 26.8. The van der Waals surface area contributed by atoms with Crippen molar-refractivity contribution in [2.24, 2.45) is 0 Å². The Bertz CT molecular complexity index is 513. The number of likely N-dealkylation sites (N-methyl/N-ethyl adjacent to an activating group) is 1. The molecule has 5 nitrogen and oxygen atoms in total. The van der Waals surface area contributed by atoms with Crippen LogP contribution in [0.3, 0.4) is 0 Å². The van der Waals surface area contributed by atoms with Crippen molar-refractivity contribution in [2.75, 3.05) is 33.2 Å². The molecule has 0 bridgehead atoms. The molecule has 0 fully saturated rings. The van der Waals surface area contributed by atoms with Crippen LogP contribution in [0.2, 0.25) is 0 Å². The Balaban J connectivity index is 2.54. The predicted octanol–water partition coefficient (Wildman–Crippen LogP) is 1.17. The van der Waals surface area contributed by atoms with Crippen LogP contribution in [-0.4, -0.2) is 46.5 Å². The summed E-state index contributed by atoms with van der Waals surface area (Å²) in [5.41, 5.74) is 1.91. The molecule has 1 aromatic rings. The van der Waals surface area contributed by atoms with Crippen molar-refractivity contribution in [3.8, 4) is 0 Å². The van der Waals surface area contributed by atoms with Gasteiger partial charge < -0.3 is 10.2 Å². The van der Waals surface area contributed by atoms with E-state index in [0.29, 0.717) is 6.54 Å². The highest BCUT2D eigenvalue weighted by Gasteiger charge is 2.11. The van der Waals surface area contributed by atoms with Crippen LogP contribution in [-0.2, 0) is 22.3 Å². The van der Waals surface area contributed by atoms with Gasteiger partial charge in [0.15, 0.2) is 0 Å². The first-order chi connectivity index (χ1) is 10.0. The summed E-state index contributed by atoms with van der Waals surface area (Å²) in [7, 11) is -1.40. The SMILES string of the molecule is CCN(CC)CCNS(=O)(=O)Cc1cccc(CNC)c1. The Hall–Kier alpha value is -0.950. The van der Waals surface area contributed by atoms with Crippen molar-refractivity contribution >= 4 is 10.0 Å². The number of nitrogens with one attached hydrogen (secondary N) is 2. The number of sulfonamides is 1. The van der Waals surface area contributed by atoms with Gasteiger partial charge in [0.1, 0.15) is 0 Å². The zero-order chi connectivity index (χ0) is 15.7. The molecule has 0 saturated heterocycles. The minimum atomic E-state index is -3.28. The minimum Gasteiger partial charge on any atom is -0.316 e. The topological polar surface area (TPSA) is 61.4 Å². The molecule has 0 amide bonds. The van der Waals surface area contributed by atoms with Crippen molar-refractivity contribution in [1.82, 2.24) is 14.9 Å². The molecule has 2 N–H and O–H groups in total. The maximum atomic E-state index is 12.1. The highest BCUT2D eigenvalue weighted by Crippen LogP contribution is 2.08. The number of hydrogen-bond donors (Lipinski definition) is 2. The molecule has 0 aliphatic rings. The van der Waals surface area contributed by atoms with E-state index < -0.39 is 10.0 Å². The molecule has 1 rings (SSSR count). The molecule has 0 aliphatic heterocycles. The number of rotatable bonds is 10. The van der Waals surface area contributed by atoms with Crippen molar-refractivity contribution in [3.05, 3.63) is 35.4 Å². The molecule has 6 heteroatoms. The number of benzene rings is 1. The summed E-state index contributed by atoms with van der Waals surface area (Å²) in [6, 6.07) is 7.66. The summed E-state index contributed by atoms with van der Waals surface area (Å²) in [5.74, 6) is 0.0306. The maximum absolute atomic E-state index is 12.1. The fourth-order valence-electron chi connectivity index (χ4n) is 2.20. The fourth-order valence-corrected chi connectivity index (χ4v) is 3.33. The van der Waals surface area contributed by atoms with E-state index in [4.69, 9.17) is 0 Å². The minimum absolute atomic E-state index is 0.0306. The maximum Gasteiger partial charge on any atom is 0.215 e. The highest BCUT2D eigenvalue weighted by molar-refractivity contribution is 7.88. The van der Waals surface area contributed by atoms with E-state index in [1.54, 1.807) is 0 Å². The van der Waals surface area contributed by atoms with Crippen molar-refractivity contribution in [3.63, 3.8) is 0 Å². The smallest absolute Gasteiger partial charge is 0.215 e. The van der Waals surface area contributed by atoms with Crippen LogP contribution >= 0.6 is 0 Å². The first-order valence-corrected chi connectivity index (χ1v) is 9.08. The number of hydrogen-bond acceptors (Lipinski definition) is 4. The van der Waals surface area contributed by atoms with E-state index in [1.165, 1.54) is 0 Å². The molecule has 0 heterocycles. The predicted molar refractivity (Wildman–Crippen MR) is 87.6 cm³/mol. The average molecular weight is 313 g/mol. The van der Waals surface area contributed by atoms with Crippen LogP contribution in [0.4, 0.5) is 0 Å². The molecule has 120 valence electrons. The molecule has 0 aromatic heterocycles. The van der Waals surface area contributed by atoms with E-state index in [0.717, 1.165) is 37.3 Å². The Labute approximate surface area is 128 Å². The lowest BCUT2D eigenvalue weighted by molar-refractivity contribution is 0.309. The number of nitrogens with zero attached hydrogens (tertiary/aromatic N) is 1. The Morgan fingerprint density at radius 1 is 1.14 bits per heavy atom. The lowest BCUT2D eigenvalue weighted by Gasteiger charge is -2.18. The Kier molecular flexibility index (Phi) is 7.88. The van der Waals surface area contributed by atoms with Gasteiger partial charge in [-0.15, -0.1) is 0 Å². The lowest BCUT2D eigenvalue weighted by atomic mass is 10.1. The third-order valence-electron chi connectivity index (χ3n) is 3.37. The zero-order valence-electron chi connectivity index (χ0n) is 13.2.